The van der Waals surface area contributed by atoms with E-state index < -0.39 is 15.9 Å². The van der Waals surface area contributed by atoms with Gasteiger partial charge in [-0.3, -0.25) is 9.69 Å². The van der Waals surface area contributed by atoms with E-state index in [1.165, 1.54) is 25.2 Å². The minimum absolute atomic E-state index is 0.0143. The minimum atomic E-state index is -3.38. The topological polar surface area (TPSA) is 82.1 Å². The van der Waals surface area contributed by atoms with Gasteiger partial charge >= 0.3 is 0 Å². The zero-order valence-corrected chi connectivity index (χ0v) is 18.2. The fourth-order valence-electron chi connectivity index (χ4n) is 3.23. The first-order chi connectivity index (χ1) is 14.2. The van der Waals surface area contributed by atoms with Crippen LogP contribution in [-0.2, 0) is 9.84 Å². The van der Waals surface area contributed by atoms with Crippen LogP contribution in [0, 0.1) is 0 Å². The standard InChI is InChI=1S/C22H25NO6S/c1-15(2)29-18-7-5-16(6-8-18)22(24)23(17-11-12-30(25,26)14-17)20-10-9-19(27-3)13-21(20)28-4/h5-13,15,17H,14H2,1-4H3/t17-/m1/s1. The van der Waals surface area contributed by atoms with Gasteiger partial charge in [-0.2, -0.15) is 0 Å². The molecule has 2 aromatic carbocycles. The first kappa shape index (κ1) is 21.7. The molecular weight excluding hydrogens is 406 g/mol. The number of hydrogen-bond acceptors (Lipinski definition) is 6. The van der Waals surface area contributed by atoms with E-state index in [1.54, 1.807) is 42.5 Å². The number of nitrogens with zero attached hydrogens (tertiary/aromatic N) is 1. The summed E-state index contributed by atoms with van der Waals surface area (Å²) in [5, 5.41) is 1.15. The Morgan fingerprint density at radius 3 is 2.23 bits per heavy atom. The number of amides is 1. The monoisotopic (exact) mass is 431 g/mol. The number of benzene rings is 2. The molecule has 0 spiro atoms. The number of carbonyl (C=O) groups excluding carboxylic acids is 1. The fourth-order valence-corrected chi connectivity index (χ4v) is 4.50. The molecule has 1 amide bonds. The van der Waals surface area contributed by atoms with E-state index in [2.05, 4.69) is 0 Å². The number of hydrogen-bond donors (Lipinski definition) is 0. The van der Waals surface area contributed by atoms with Crippen LogP contribution in [0.25, 0.3) is 0 Å². The van der Waals surface area contributed by atoms with Crippen molar-refractivity contribution in [3.63, 3.8) is 0 Å². The number of rotatable bonds is 7. The molecule has 0 bridgehead atoms. The second-order valence-corrected chi connectivity index (χ2v) is 9.06. The summed E-state index contributed by atoms with van der Waals surface area (Å²) in [6, 6.07) is 11.1. The third-order valence-corrected chi connectivity index (χ3v) is 5.96. The largest absolute Gasteiger partial charge is 0.497 e. The van der Waals surface area contributed by atoms with Gasteiger partial charge in [0.05, 0.1) is 37.8 Å². The highest BCUT2D eigenvalue weighted by atomic mass is 32.2. The van der Waals surface area contributed by atoms with Crippen molar-refractivity contribution in [1.82, 2.24) is 0 Å². The van der Waals surface area contributed by atoms with Crippen molar-refractivity contribution < 1.29 is 27.4 Å². The molecule has 0 aromatic heterocycles. The number of methoxy groups -OCH3 is 2. The Bertz CT molecular complexity index is 1040. The van der Waals surface area contributed by atoms with Crippen LogP contribution in [0.5, 0.6) is 17.2 Å². The molecule has 1 aliphatic rings. The molecule has 7 nitrogen and oxygen atoms in total. The summed E-state index contributed by atoms with van der Waals surface area (Å²) in [4.78, 5) is 14.9. The van der Waals surface area contributed by atoms with Crippen LogP contribution < -0.4 is 19.1 Å². The maximum atomic E-state index is 13.5. The van der Waals surface area contributed by atoms with Crippen LogP contribution in [0.4, 0.5) is 5.69 Å². The summed E-state index contributed by atoms with van der Waals surface area (Å²) in [7, 11) is -0.358. The average molecular weight is 432 g/mol. The maximum absolute atomic E-state index is 13.5. The lowest BCUT2D eigenvalue weighted by Gasteiger charge is -2.29. The molecule has 30 heavy (non-hydrogen) atoms. The van der Waals surface area contributed by atoms with E-state index >= 15 is 0 Å². The molecule has 3 rings (SSSR count). The van der Waals surface area contributed by atoms with Crippen LogP contribution in [0.3, 0.4) is 0 Å². The summed E-state index contributed by atoms with van der Waals surface area (Å²) >= 11 is 0. The normalized spacial score (nSPS) is 17.0. The summed E-state index contributed by atoms with van der Waals surface area (Å²) in [6.07, 6.45) is 1.54. The van der Waals surface area contributed by atoms with Crippen LogP contribution >= 0.6 is 0 Å². The van der Waals surface area contributed by atoms with E-state index in [9.17, 15) is 13.2 Å². The Kier molecular flexibility index (Phi) is 6.36. The average Bonchev–Trinajstić information content (AvgIpc) is 3.07. The lowest BCUT2D eigenvalue weighted by atomic mass is 10.1. The molecule has 160 valence electrons. The van der Waals surface area contributed by atoms with Crippen LogP contribution in [-0.4, -0.2) is 46.4 Å². The summed E-state index contributed by atoms with van der Waals surface area (Å²) in [5.74, 6) is 1.08. The van der Waals surface area contributed by atoms with E-state index in [0.29, 0.717) is 28.5 Å². The third kappa shape index (κ3) is 4.76. The molecule has 1 aliphatic heterocycles. The molecule has 0 unspecified atom stereocenters. The second-order valence-electron chi connectivity index (χ2n) is 7.13. The molecule has 0 radical (unpaired) electrons. The molecule has 0 N–H and O–H groups in total. The molecule has 2 aromatic rings. The van der Waals surface area contributed by atoms with Crippen molar-refractivity contribution >= 4 is 21.4 Å². The number of carbonyl (C=O) groups is 1. The van der Waals surface area contributed by atoms with Crippen molar-refractivity contribution in [2.24, 2.45) is 0 Å². The zero-order chi connectivity index (χ0) is 21.9. The second kappa shape index (κ2) is 8.79. The van der Waals surface area contributed by atoms with Crippen LogP contribution in [0.15, 0.2) is 53.9 Å². The molecule has 8 heteroatoms. The number of ether oxygens (including phenoxy) is 3. The SMILES string of the molecule is COc1ccc(N(C(=O)c2ccc(OC(C)C)cc2)[C@@H]2C=CS(=O)(=O)C2)c(OC)c1. The Morgan fingerprint density at radius 2 is 1.70 bits per heavy atom. The van der Waals surface area contributed by atoms with Gasteiger partial charge in [-0.05, 0) is 56.3 Å². The van der Waals surface area contributed by atoms with Gasteiger partial charge in [-0.25, -0.2) is 8.42 Å². The highest BCUT2D eigenvalue weighted by molar-refractivity contribution is 7.94. The van der Waals surface area contributed by atoms with E-state index in [4.69, 9.17) is 14.2 Å². The predicted octanol–water partition coefficient (Wildman–Crippen LogP) is 3.45. The van der Waals surface area contributed by atoms with Crippen molar-refractivity contribution in [1.29, 1.82) is 0 Å². The summed E-state index contributed by atoms with van der Waals surface area (Å²) in [5.41, 5.74) is 0.860. The number of anilines is 1. The van der Waals surface area contributed by atoms with E-state index in [0.717, 1.165) is 5.41 Å². The molecule has 0 aliphatic carbocycles. The smallest absolute Gasteiger partial charge is 0.258 e. The minimum Gasteiger partial charge on any atom is -0.497 e. The third-order valence-electron chi connectivity index (χ3n) is 4.58. The maximum Gasteiger partial charge on any atom is 0.258 e. The van der Waals surface area contributed by atoms with Gasteiger partial charge in [-0.15, -0.1) is 0 Å². The van der Waals surface area contributed by atoms with Gasteiger partial charge in [0.15, 0.2) is 9.84 Å². The highest BCUT2D eigenvalue weighted by Crippen LogP contribution is 2.36. The summed E-state index contributed by atoms with van der Waals surface area (Å²) < 4.78 is 40.4. The van der Waals surface area contributed by atoms with Crippen molar-refractivity contribution in [3.8, 4) is 17.2 Å². The van der Waals surface area contributed by atoms with Gasteiger partial charge in [0, 0.05) is 17.0 Å². The zero-order valence-electron chi connectivity index (χ0n) is 17.4. The van der Waals surface area contributed by atoms with Crippen LogP contribution in [0.1, 0.15) is 24.2 Å². The molecule has 0 saturated heterocycles. The molecule has 1 heterocycles. The van der Waals surface area contributed by atoms with E-state index in [1.807, 2.05) is 13.8 Å². The first-order valence-corrected chi connectivity index (χ1v) is 11.2. The van der Waals surface area contributed by atoms with E-state index in [-0.39, 0.29) is 17.8 Å². The molecule has 0 fully saturated rings. The number of sulfone groups is 1. The van der Waals surface area contributed by atoms with Crippen molar-refractivity contribution in [3.05, 3.63) is 59.5 Å². The van der Waals surface area contributed by atoms with Gasteiger partial charge < -0.3 is 14.2 Å². The Morgan fingerprint density at radius 1 is 1.03 bits per heavy atom. The predicted molar refractivity (Wildman–Crippen MR) is 115 cm³/mol. The van der Waals surface area contributed by atoms with Crippen molar-refractivity contribution in [2.45, 2.75) is 26.0 Å². The van der Waals surface area contributed by atoms with Gasteiger partial charge in [-0.1, -0.05) is 0 Å². The molecule has 0 saturated carbocycles. The lowest BCUT2D eigenvalue weighted by molar-refractivity contribution is 0.0982. The highest BCUT2D eigenvalue weighted by Gasteiger charge is 2.33. The van der Waals surface area contributed by atoms with Crippen molar-refractivity contribution in [2.75, 3.05) is 24.9 Å². The summed E-state index contributed by atoms with van der Waals surface area (Å²) in [6.45, 7) is 3.84. The fraction of sp³-hybridized carbons (Fsp3) is 0.318. The molecular formula is C22H25NO6S. The van der Waals surface area contributed by atoms with Crippen LogP contribution in [0.2, 0.25) is 0 Å². The first-order valence-electron chi connectivity index (χ1n) is 9.47. The Hall–Kier alpha value is -3.00. The van der Waals surface area contributed by atoms with Gasteiger partial charge in [0.1, 0.15) is 17.2 Å². The molecule has 1 atom stereocenters. The van der Waals surface area contributed by atoms with Gasteiger partial charge in [0.2, 0.25) is 0 Å². The quantitative estimate of drug-likeness (QED) is 0.668. The van der Waals surface area contributed by atoms with Gasteiger partial charge in [0.25, 0.3) is 5.91 Å². The lowest BCUT2D eigenvalue weighted by Crippen LogP contribution is -2.41. The Labute approximate surface area is 176 Å². The Balaban J connectivity index is 2.02.